The molecule has 1 aromatic heterocycles. The number of nitrogens with zero attached hydrogens (tertiary/aromatic N) is 2. The first-order chi connectivity index (χ1) is 9.63. The highest BCUT2D eigenvalue weighted by Gasteiger charge is 2.23. The second-order valence-corrected chi connectivity index (χ2v) is 4.67. The van der Waals surface area contributed by atoms with Crippen molar-refractivity contribution >= 4 is 11.8 Å². The average molecular weight is 273 g/mol. The number of aromatic nitrogens is 2. The molecule has 1 aliphatic rings. The standard InChI is InChI=1S/C14H12FN3O2/c15-10-4-2-1-3-9(10)13-17-11(14(19)20)7-12(18-13)16-8-5-6-8/h1-4,7-8H,5-6H2,(H,19,20)(H,16,17,18). The number of hydrogen-bond donors (Lipinski definition) is 2. The van der Waals surface area contributed by atoms with Gasteiger partial charge in [-0.2, -0.15) is 0 Å². The van der Waals surface area contributed by atoms with Gasteiger partial charge in [0.25, 0.3) is 0 Å². The monoisotopic (exact) mass is 273 g/mol. The van der Waals surface area contributed by atoms with Crippen LogP contribution in [0, 0.1) is 5.82 Å². The van der Waals surface area contributed by atoms with E-state index in [1.807, 2.05) is 0 Å². The van der Waals surface area contributed by atoms with E-state index in [1.54, 1.807) is 12.1 Å². The van der Waals surface area contributed by atoms with Crippen LogP contribution in [0.5, 0.6) is 0 Å². The summed E-state index contributed by atoms with van der Waals surface area (Å²) in [6, 6.07) is 7.72. The lowest BCUT2D eigenvalue weighted by molar-refractivity contribution is 0.0690. The van der Waals surface area contributed by atoms with Crippen LogP contribution in [0.2, 0.25) is 0 Å². The molecule has 0 saturated heterocycles. The third-order valence-corrected chi connectivity index (χ3v) is 2.99. The van der Waals surface area contributed by atoms with Crippen molar-refractivity contribution in [2.75, 3.05) is 5.32 Å². The molecule has 0 radical (unpaired) electrons. The SMILES string of the molecule is O=C(O)c1cc(NC2CC2)nc(-c2ccccc2F)n1. The molecule has 6 heteroatoms. The van der Waals surface area contributed by atoms with Crippen molar-refractivity contribution in [3.63, 3.8) is 0 Å². The first kappa shape index (κ1) is 12.5. The fourth-order valence-electron chi connectivity index (χ4n) is 1.83. The number of carboxylic acids is 1. The molecule has 0 bridgehead atoms. The lowest BCUT2D eigenvalue weighted by atomic mass is 10.2. The summed E-state index contributed by atoms with van der Waals surface area (Å²) in [7, 11) is 0. The van der Waals surface area contributed by atoms with Gasteiger partial charge in [0.1, 0.15) is 11.6 Å². The van der Waals surface area contributed by atoms with Gasteiger partial charge in [-0.1, -0.05) is 12.1 Å². The van der Waals surface area contributed by atoms with Crippen molar-refractivity contribution in [3.8, 4) is 11.4 Å². The van der Waals surface area contributed by atoms with E-state index in [9.17, 15) is 9.18 Å². The zero-order valence-electron chi connectivity index (χ0n) is 10.5. The summed E-state index contributed by atoms with van der Waals surface area (Å²) in [6.45, 7) is 0. The third-order valence-electron chi connectivity index (χ3n) is 2.99. The van der Waals surface area contributed by atoms with Crippen LogP contribution in [-0.4, -0.2) is 27.1 Å². The molecule has 20 heavy (non-hydrogen) atoms. The van der Waals surface area contributed by atoms with Crippen LogP contribution in [0.4, 0.5) is 10.2 Å². The smallest absolute Gasteiger partial charge is 0.354 e. The van der Waals surface area contributed by atoms with E-state index in [1.165, 1.54) is 18.2 Å². The predicted octanol–water partition coefficient (Wildman–Crippen LogP) is 2.56. The Labute approximate surface area is 114 Å². The van der Waals surface area contributed by atoms with Gasteiger partial charge >= 0.3 is 5.97 Å². The lowest BCUT2D eigenvalue weighted by Gasteiger charge is -2.08. The molecule has 1 saturated carbocycles. The van der Waals surface area contributed by atoms with Crippen LogP contribution in [0.15, 0.2) is 30.3 Å². The summed E-state index contributed by atoms with van der Waals surface area (Å²) in [4.78, 5) is 19.2. The Morgan fingerprint density at radius 3 is 2.70 bits per heavy atom. The van der Waals surface area contributed by atoms with Crippen LogP contribution < -0.4 is 5.32 Å². The Balaban J connectivity index is 2.06. The van der Waals surface area contributed by atoms with Crippen molar-refractivity contribution in [2.24, 2.45) is 0 Å². The zero-order valence-corrected chi connectivity index (χ0v) is 10.5. The van der Waals surface area contributed by atoms with Crippen LogP contribution in [0.3, 0.4) is 0 Å². The van der Waals surface area contributed by atoms with Gasteiger partial charge in [-0.3, -0.25) is 0 Å². The molecule has 1 fully saturated rings. The third kappa shape index (κ3) is 2.59. The number of aromatic carboxylic acids is 1. The summed E-state index contributed by atoms with van der Waals surface area (Å²) in [5.41, 5.74) is 0.0378. The summed E-state index contributed by atoms with van der Waals surface area (Å²) in [6.07, 6.45) is 2.06. The van der Waals surface area contributed by atoms with Gasteiger partial charge in [0.15, 0.2) is 11.5 Å². The van der Waals surface area contributed by atoms with Crippen LogP contribution in [0.25, 0.3) is 11.4 Å². The number of anilines is 1. The van der Waals surface area contributed by atoms with Gasteiger partial charge in [-0.25, -0.2) is 19.2 Å². The highest BCUT2D eigenvalue weighted by atomic mass is 19.1. The van der Waals surface area contributed by atoms with Crippen molar-refractivity contribution in [1.82, 2.24) is 9.97 Å². The highest BCUT2D eigenvalue weighted by molar-refractivity contribution is 5.87. The Morgan fingerprint density at radius 1 is 1.30 bits per heavy atom. The largest absolute Gasteiger partial charge is 0.477 e. The van der Waals surface area contributed by atoms with E-state index < -0.39 is 11.8 Å². The Hall–Kier alpha value is -2.50. The number of carboxylic acid groups (broad SMARTS) is 1. The average Bonchev–Trinajstić information content (AvgIpc) is 3.22. The van der Waals surface area contributed by atoms with Gasteiger partial charge in [-0.05, 0) is 25.0 Å². The molecule has 1 aliphatic carbocycles. The molecule has 3 rings (SSSR count). The maximum atomic E-state index is 13.8. The van der Waals surface area contributed by atoms with Gasteiger partial charge in [0.2, 0.25) is 0 Å². The molecule has 2 aromatic rings. The first-order valence-electron chi connectivity index (χ1n) is 6.27. The van der Waals surface area contributed by atoms with Gasteiger partial charge in [0.05, 0.1) is 5.56 Å². The van der Waals surface area contributed by atoms with Crippen LogP contribution in [0.1, 0.15) is 23.3 Å². The molecule has 5 nitrogen and oxygen atoms in total. The summed E-state index contributed by atoms with van der Waals surface area (Å²) < 4.78 is 13.8. The van der Waals surface area contributed by atoms with Crippen molar-refractivity contribution in [2.45, 2.75) is 18.9 Å². The molecule has 0 unspecified atom stereocenters. The molecular formula is C14H12FN3O2. The van der Waals surface area contributed by atoms with Gasteiger partial charge in [-0.15, -0.1) is 0 Å². The summed E-state index contributed by atoms with van der Waals surface area (Å²) in [5, 5.41) is 12.2. The second-order valence-electron chi connectivity index (χ2n) is 4.67. The zero-order chi connectivity index (χ0) is 14.1. The lowest BCUT2D eigenvalue weighted by Crippen LogP contribution is -2.09. The molecular weight excluding hydrogens is 261 g/mol. The number of nitrogens with one attached hydrogen (secondary N) is 1. The Morgan fingerprint density at radius 2 is 2.05 bits per heavy atom. The number of halogens is 1. The molecule has 0 spiro atoms. The second kappa shape index (κ2) is 4.88. The topological polar surface area (TPSA) is 75.1 Å². The Bertz CT molecular complexity index is 671. The summed E-state index contributed by atoms with van der Waals surface area (Å²) in [5.74, 6) is -1.15. The molecule has 0 aliphatic heterocycles. The molecule has 102 valence electrons. The van der Waals surface area contributed by atoms with E-state index in [0.29, 0.717) is 11.9 Å². The highest BCUT2D eigenvalue weighted by Crippen LogP contribution is 2.26. The Kier molecular flexibility index (Phi) is 3.06. The van der Waals surface area contributed by atoms with Crippen molar-refractivity contribution < 1.29 is 14.3 Å². The van der Waals surface area contributed by atoms with Gasteiger partial charge < -0.3 is 10.4 Å². The van der Waals surface area contributed by atoms with E-state index in [4.69, 9.17) is 5.11 Å². The molecule has 0 amide bonds. The number of hydrogen-bond acceptors (Lipinski definition) is 4. The number of carbonyl (C=O) groups is 1. The maximum Gasteiger partial charge on any atom is 0.354 e. The van der Waals surface area contributed by atoms with E-state index >= 15 is 0 Å². The van der Waals surface area contributed by atoms with E-state index in [0.717, 1.165) is 12.8 Å². The maximum absolute atomic E-state index is 13.8. The molecule has 2 N–H and O–H groups in total. The van der Waals surface area contributed by atoms with Crippen molar-refractivity contribution in [3.05, 3.63) is 41.8 Å². The minimum atomic E-state index is -1.16. The van der Waals surface area contributed by atoms with E-state index in [-0.39, 0.29) is 17.1 Å². The fraction of sp³-hybridized carbons (Fsp3) is 0.214. The minimum absolute atomic E-state index is 0.0751. The minimum Gasteiger partial charge on any atom is -0.477 e. The van der Waals surface area contributed by atoms with E-state index in [2.05, 4.69) is 15.3 Å². The summed E-state index contributed by atoms with van der Waals surface area (Å²) >= 11 is 0. The van der Waals surface area contributed by atoms with Crippen LogP contribution >= 0.6 is 0 Å². The predicted molar refractivity (Wildman–Crippen MR) is 71.0 cm³/mol. The molecule has 1 heterocycles. The number of rotatable bonds is 4. The van der Waals surface area contributed by atoms with Crippen LogP contribution in [-0.2, 0) is 0 Å². The fourth-order valence-corrected chi connectivity index (χ4v) is 1.83. The quantitative estimate of drug-likeness (QED) is 0.895. The molecule has 1 aromatic carbocycles. The molecule has 0 atom stereocenters. The number of benzene rings is 1. The van der Waals surface area contributed by atoms with Gasteiger partial charge in [0, 0.05) is 12.1 Å². The van der Waals surface area contributed by atoms with Crippen molar-refractivity contribution in [1.29, 1.82) is 0 Å². The first-order valence-corrected chi connectivity index (χ1v) is 6.27. The normalized spacial score (nSPS) is 14.1.